The van der Waals surface area contributed by atoms with Crippen LogP contribution in [-0.4, -0.2) is 51.6 Å². The Hall–Kier alpha value is -1.89. The fraction of sp³-hybridized carbons (Fsp3) is 0.545. The van der Waals surface area contributed by atoms with Crippen LogP contribution < -0.4 is 5.32 Å². The Kier molecular flexibility index (Phi) is 2.21. The maximum atomic E-state index is 11.8. The molecule has 96 valence electrons. The van der Waals surface area contributed by atoms with Crippen molar-refractivity contribution in [3.8, 4) is 0 Å². The number of hydrogen-bond donors (Lipinski definition) is 3. The molecule has 0 aromatic rings. The zero-order valence-electron chi connectivity index (χ0n) is 9.42. The smallest absolute Gasteiger partial charge is 0.352 e. The number of carbonyl (C=O) groups excluding carboxylic acids is 1. The van der Waals surface area contributed by atoms with Gasteiger partial charge in [0.1, 0.15) is 11.7 Å². The summed E-state index contributed by atoms with van der Waals surface area (Å²) >= 11 is 0. The van der Waals surface area contributed by atoms with Gasteiger partial charge in [-0.05, 0) is 17.9 Å². The lowest BCUT2D eigenvalue weighted by atomic mass is 9.78. The predicted molar refractivity (Wildman–Crippen MR) is 57.4 cm³/mol. The molecule has 0 bridgehead atoms. The second-order valence-electron chi connectivity index (χ2n) is 4.88. The zero-order chi connectivity index (χ0) is 13.0. The van der Waals surface area contributed by atoms with Gasteiger partial charge in [0.05, 0.1) is 12.5 Å². The van der Waals surface area contributed by atoms with Crippen LogP contribution in [0.2, 0.25) is 0 Å². The molecule has 0 spiro atoms. The Morgan fingerprint density at radius 2 is 2.11 bits per heavy atom. The van der Waals surface area contributed by atoms with Crippen molar-refractivity contribution in [3.63, 3.8) is 0 Å². The van der Waals surface area contributed by atoms with Crippen molar-refractivity contribution in [3.05, 3.63) is 11.3 Å². The summed E-state index contributed by atoms with van der Waals surface area (Å²) in [6.45, 7) is 0.633. The number of carboxylic acids is 2. The summed E-state index contributed by atoms with van der Waals surface area (Å²) in [5.41, 5.74) is 0.218. The van der Waals surface area contributed by atoms with Gasteiger partial charge < -0.3 is 15.5 Å². The highest BCUT2D eigenvalue weighted by Crippen LogP contribution is 2.43. The number of carboxylic acid groups (broad SMARTS) is 2. The third-order valence-corrected chi connectivity index (χ3v) is 3.88. The lowest BCUT2D eigenvalue weighted by Crippen LogP contribution is -2.68. The molecule has 18 heavy (non-hydrogen) atoms. The van der Waals surface area contributed by atoms with E-state index in [0.29, 0.717) is 18.5 Å². The van der Waals surface area contributed by atoms with Crippen molar-refractivity contribution >= 4 is 17.8 Å². The van der Waals surface area contributed by atoms with E-state index in [1.165, 1.54) is 4.90 Å². The normalized spacial score (nSPS) is 33.2. The number of carbonyl (C=O) groups is 3. The Bertz CT molecular complexity index is 498. The lowest BCUT2D eigenvalue weighted by molar-refractivity contribution is -0.153. The largest absolute Gasteiger partial charge is 0.481 e. The van der Waals surface area contributed by atoms with Crippen LogP contribution >= 0.6 is 0 Å². The number of nitrogens with zero attached hydrogens (tertiary/aromatic N) is 1. The number of aliphatic carboxylic acids is 2. The molecule has 3 heterocycles. The van der Waals surface area contributed by atoms with Crippen molar-refractivity contribution < 1.29 is 24.6 Å². The maximum absolute atomic E-state index is 11.8. The summed E-state index contributed by atoms with van der Waals surface area (Å²) in [6.07, 6.45) is 0.116. The highest BCUT2D eigenvalue weighted by atomic mass is 16.4. The van der Waals surface area contributed by atoms with Gasteiger partial charge in [0.15, 0.2) is 0 Å². The zero-order valence-corrected chi connectivity index (χ0v) is 9.42. The Balaban J connectivity index is 2.02. The molecule has 0 aromatic carbocycles. The number of β-lactam (4-membered cyclic amide) rings is 1. The minimum absolute atomic E-state index is 0.110. The highest BCUT2D eigenvalue weighted by molar-refractivity contribution is 6.01. The number of amides is 1. The van der Waals surface area contributed by atoms with Crippen LogP contribution in [0.1, 0.15) is 12.8 Å². The fourth-order valence-electron chi connectivity index (χ4n) is 3.23. The van der Waals surface area contributed by atoms with E-state index in [4.69, 9.17) is 5.11 Å². The van der Waals surface area contributed by atoms with Gasteiger partial charge in [-0.15, -0.1) is 0 Å². The van der Waals surface area contributed by atoms with E-state index >= 15 is 0 Å². The van der Waals surface area contributed by atoms with Gasteiger partial charge in [-0.1, -0.05) is 0 Å². The molecule has 0 saturated carbocycles. The van der Waals surface area contributed by atoms with E-state index in [1.807, 2.05) is 0 Å². The molecule has 3 atom stereocenters. The first-order valence-electron chi connectivity index (χ1n) is 5.74. The first-order chi connectivity index (χ1) is 8.50. The standard InChI is InChI=1S/C11H12N2O5/c14-6(15)2-4-1-5-3-12-7-8(5)13(10(7)16)9(4)11(17)18/h5,7-8,12H,1-3H2,(H,14,15)(H,17,18)/t5-,7+,8-/m1/s1. The Labute approximate surface area is 102 Å². The molecule has 2 saturated heterocycles. The molecule has 2 fully saturated rings. The van der Waals surface area contributed by atoms with Crippen molar-refractivity contribution in [1.82, 2.24) is 10.2 Å². The Morgan fingerprint density at radius 3 is 2.72 bits per heavy atom. The van der Waals surface area contributed by atoms with E-state index in [-0.39, 0.29) is 36.0 Å². The molecule has 7 heteroatoms. The van der Waals surface area contributed by atoms with Crippen molar-refractivity contribution in [2.45, 2.75) is 24.9 Å². The molecule has 0 unspecified atom stereocenters. The number of rotatable bonds is 3. The van der Waals surface area contributed by atoms with Crippen molar-refractivity contribution in [2.75, 3.05) is 6.54 Å². The van der Waals surface area contributed by atoms with E-state index in [2.05, 4.69) is 5.32 Å². The molecule has 0 aliphatic carbocycles. The monoisotopic (exact) mass is 252 g/mol. The van der Waals surface area contributed by atoms with Gasteiger partial charge >= 0.3 is 11.9 Å². The molecular weight excluding hydrogens is 240 g/mol. The first-order valence-corrected chi connectivity index (χ1v) is 5.74. The van der Waals surface area contributed by atoms with Crippen molar-refractivity contribution in [1.29, 1.82) is 0 Å². The molecule has 0 radical (unpaired) electrons. The highest BCUT2D eigenvalue weighted by Gasteiger charge is 2.59. The molecule has 3 aliphatic rings. The van der Waals surface area contributed by atoms with Gasteiger partial charge in [-0.3, -0.25) is 14.5 Å². The third-order valence-electron chi connectivity index (χ3n) is 3.88. The van der Waals surface area contributed by atoms with Gasteiger partial charge in [0.2, 0.25) is 5.91 Å². The summed E-state index contributed by atoms with van der Waals surface area (Å²) in [7, 11) is 0. The average Bonchev–Trinajstić information content (AvgIpc) is 2.66. The summed E-state index contributed by atoms with van der Waals surface area (Å²) in [5.74, 6) is -2.42. The topological polar surface area (TPSA) is 107 Å². The number of hydrogen-bond acceptors (Lipinski definition) is 4. The van der Waals surface area contributed by atoms with Gasteiger partial charge in [0, 0.05) is 6.54 Å². The molecule has 1 amide bonds. The SMILES string of the molecule is O=C(O)CC1=C(C(=O)O)N2C(=O)[C@H]3NC[C@@H](C1)[C@H]32. The van der Waals surface area contributed by atoms with E-state index < -0.39 is 11.9 Å². The van der Waals surface area contributed by atoms with Crippen LogP contribution in [-0.2, 0) is 14.4 Å². The van der Waals surface area contributed by atoms with Crippen LogP contribution in [0.15, 0.2) is 11.3 Å². The molecule has 3 rings (SSSR count). The molecular formula is C11H12N2O5. The third kappa shape index (κ3) is 1.30. The quantitative estimate of drug-likeness (QED) is 0.556. The molecule has 3 aliphatic heterocycles. The summed E-state index contributed by atoms with van der Waals surface area (Å²) in [5, 5.41) is 21.1. The van der Waals surface area contributed by atoms with Gasteiger partial charge in [-0.2, -0.15) is 0 Å². The van der Waals surface area contributed by atoms with Gasteiger partial charge in [-0.25, -0.2) is 4.79 Å². The second kappa shape index (κ2) is 3.55. The van der Waals surface area contributed by atoms with Crippen LogP contribution in [0, 0.1) is 5.92 Å². The van der Waals surface area contributed by atoms with Crippen LogP contribution in [0.3, 0.4) is 0 Å². The molecule has 0 aromatic heterocycles. The second-order valence-corrected chi connectivity index (χ2v) is 4.88. The minimum Gasteiger partial charge on any atom is -0.481 e. The summed E-state index contributed by atoms with van der Waals surface area (Å²) in [6, 6.07) is -0.392. The van der Waals surface area contributed by atoms with Crippen LogP contribution in [0.5, 0.6) is 0 Å². The lowest BCUT2D eigenvalue weighted by Gasteiger charge is -2.48. The maximum Gasteiger partial charge on any atom is 0.352 e. The predicted octanol–water partition coefficient (Wildman–Crippen LogP) is -0.998. The van der Waals surface area contributed by atoms with Crippen molar-refractivity contribution in [2.24, 2.45) is 5.92 Å². The van der Waals surface area contributed by atoms with Gasteiger partial charge in [0.25, 0.3) is 0 Å². The van der Waals surface area contributed by atoms with Crippen LogP contribution in [0.4, 0.5) is 0 Å². The van der Waals surface area contributed by atoms with E-state index in [9.17, 15) is 19.5 Å². The Morgan fingerprint density at radius 1 is 1.39 bits per heavy atom. The van der Waals surface area contributed by atoms with E-state index in [0.717, 1.165) is 0 Å². The summed E-state index contributed by atoms with van der Waals surface area (Å²) < 4.78 is 0. The number of nitrogens with one attached hydrogen (secondary N) is 1. The van der Waals surface area contributed by atoms with Crippen LogP contribution in [0.25, 0.3) is 0 Å². The minimum atomic E-state index is -1.22. The summed E-state index contributed by atoms with van der Waals surface area (Å²) in [4.78, 5) is 35.1. The molecule has 7 nitrogen and oxygen atoms in total. The fourth-order valence-corrected chi connectivity index (χ4v) is 3.23. The first kappa shape index (κ1) is 11.2. The average molecular weight is 252 g/mol. The molecule has 3 N–H and O–H groups in total. The van der Waals surface area contributed by atoms with E-state index in [1.54, 1.807) is 0 Å².